The van der Waals surface area contributed by atoms with Crippen LogP contribution in [0.25, 0.3) is 11.3 Å². The zero-order valence-electron chi connectivity index (χ0n) is 12.7. The van der Waals surface area contributed by atoms with Gasteiger partial charge in [0.25, 0.3) is 0 Å². The molecule has 1 atom stereocenters. The van der Waals surface area contributed by atoms with Crippen LogP contribution in [0.2, 0.25) is 0 Å². The lowest BCUT2D eigenvalue weighted by Gasteiger charge is -2.02. The topological polar surface area (TPSA) is 50.2 Å². The van der Waals surface area contributed by atoms with Gasteiger partial charge in [0.2, 0.25) is 0 Å². The highest BCUT2D eigenvalue weighted by molar-refractivity contribution is 9.10. The molecule has 24 heavy (non-hydrogen) atoms. The smallest absolute Gasteiger partial charge is 0.323 e. The van der Waals surface area contributed by atoms with Gasteiger partial charge < -0.3 is 5.11 Å². The predicted octanol–water partition coefficient (Wildman–Crippen LogP) is 5.22. The summed E-state index contributed by atoms with van der Waals surface area (Å²) in [5, 5.41) is 13.1. The summed E-state index contributed by atoms with van der Waals surface area (Å²) >= 11 is 8.69. The Morgan fingerprint density at radius 1 is 1.25 bits per heavy atom. The van der Waals surface area contributed by atoms with Crippen molar-refractivity contribution in [1.82, 2.24) is 4.98 Å². The predicted molar refractivity (Wildman–Crippen MR) is 103 cm³/mol. The first-order valence-electron chi connectivity index (χ1n) is 7.19. The molecule has 0 saturated heterocycles. The lowest BCUT2D eigenvalue weighted by Crippen LogP contribution is -2.04. The fourth-order valence-electron chi connectivity index (χ4n) is 2.12. The van der Waals surface area contributed by atoms with Crippen molar-refractivity contribution in [3.05, 3.63) is 73.3 Å². The number of carboxylic acids is 1. The Balaban J connectivity index is 0.000000198. The van der Waals surface area contributed by atoms with Gasteiger partial charge in [-0.1, -0.05) is 57.9 Å². The molecule has 0 saturated carbocycles. The molecular formula is C18H14BrNO2S2. The minimum Gasteiger partial charge on any atom is -0.480 e. The van der Waals surface area contributed by atoms with Crippen LogP contribution in [-0.2, 0) is 4.79 Å². The molecule has 1 aromatic heterocycles. The van der Waals surface area contributed by atoms with E-state index in [-0.39, 0.29) is 0 Å². The van der Waals surface area contributed by atoms with E-state index in [2.05, 4.69) is 51.7 Å². The van der Waals surface area contributed by atoms with Gasteiger partial charge in [-0.25, -0.2) is 4.98 Å². The average molecular weight is 420 g/mol. The number of nitrogens with zero attached hydrogens (tertiary/aromatic N) is 1. The second-order valence-corrected chi connectivity index (χ2v) is 7.63. The number of hydrogen-bond donors (Lipinski definition) is 2. The molecule has 0 aliphatic heterocycles. The summed E-state index contributed by atoms with van der Waals surface area (Å²) in [6.07, 6.45) is 0. The highest BCUT2D eigenvalue weighted by Gasteiger charge is 2.18. The zero-order chi connectivity index (χ0) is 17.3. The molecule has 3 nitrogen and oxygen atoms in total. The zero-order valence-corrected chi connectivity index (χ0v) is 16.0. The third-order valence-corrected chi connectivity index (χ3v) is 5.82. The number of hydrogen-bond acceptors (Lipinski definition) is 4. The van der Waals surface area contributed by atoms with Crippen LogP contribution in [0, 0.1) is 17.4 Å². The molecule has 2 aliphatic rings. The molecule has 1 unspecified atom stereocenters. The van der Waals surface area contributed by atoms with Gasteiger partial charge in [0.15, 0.2) is 5.25 Å². The summed E-state index contributed by atoms with van der Waals surface area (Å²) in [7, 11) is 0. The molecule has 0 spiro atoms. The summed E-state index contributed by atoms with van der Waals surface area (Å²) in [4.78, 5) is 15.1. The first kappa shape index (κ1) is 17.2. The second-order valence-electron chi connectivity index (χ2n) is 5.37. The quantitative estimate of drug-likeness (QED) is 0.447. The van der Waals surface area contributed by atoms with Crippen LogP contribution in [0.15, 0.2) is 52.3 Å². The van der Waals surface area contributed by atoms with Crippen LogP contribution in [0.3, 0.4) is 0 Å². The standard InChI is InChI=1S/C12H11NO2S2.C6H3Br/c1-7-2-4-8(5-3-7)9-6-17-11(13-9)10(16)12(14)15;7-6-3-4-1-2-5(4)6/h2-6,10,16H,1H3,(H,14,15);1-3H. The highest BCUT2D eigenvalue weighted by atomic mass is 79.9. The molecule has 122 valence electrons. The van der Waals surface area contributed by atoms with E-state index < -0.39 is 11.2 Å². The summed E-state index contributed by atoms with van der Waals surface area (Å²) in [6, 6.07) is 14.3. The minimum absolute atomic E-state index is 0.511. The van der Waals surface area contributed by atoms with Crippen LogP contribution in [-0.4, -0.2) is 16.1 Å². The Kier molecular flexibility index (Phi) is 5.08. The lowest BCUT2D eigenvalue weighted by atomic mass is 10.1. The normalized spacial score (nSPS) is 12.1. The van der Waals surface area contributed by atoms with Crippen molar-refractivity contribution in [3.63, 3.8) is 0 Å². The third-order valence-electron chi connectivity index (χ3n) is 3.62. The van der Waals surface area contributed by atoms with E-state index in [1.54, 1.807) is 0 Å². The van der Waals surface area contributed by atoms with E-state index in [9.17, 15) is 4.79 Å². The Bertz CT molecular complexity index is 983. The fourth-order valence-corrected chi connectivity index (χ4v) is 3.77. The highest BCUT2D eigenvalue weighted by Crippen LogP contribution is 2.28. The average Bonchev–Trinajstić information content (AvgIpc) is 3.02. The van der Waals surface area contributed by atoms with Crippen LogP contribution >= 0.6 is 39.9 Å². The summed E-state index contributed by atoms with van der Waals surface area (Å²) < 4.78 is 1.25. The molecule has 0 amide bonds. The number of carboxylic acid groups (broad SMARTS) is 1. The molecule has 2 aliphatic carbocycles. The first-order chi connectivity index (χ1) is 11.5. The first-order valence-corrected chi connectivity index (χ1v) is 9.38. The maximum atomic E-state index is 10.8. The van der Waals surface area contributed by atoms with Gasteiger partial charge in [-0.2, -0.15) is 12.6 Å². The van der Waals surface area contributed by atoms with E-state index in [0.717, 1.165) is 11.3 Å². The van der Waals surface area contributed by atoms with Crippen molar-refractivity contribution in [2.75, 3.05) is 0 Å². The van der Waals surface area contributed by atoms with Gasteiger partial charge in [-0.3, -0.25) is 4.79 Å². The van der Waals surface area contributed by atoms with Crippen molar-refractivity contribution >= 4 is 45.9 Å². The van der Waals surface area contributed by atoms with Crippen molar-refractivity contribution in [3.8, 4) is 11.3 Å². The molecule has 4 rings (SSSR count). The number of rotatable bonds is 3. The van der Waals surface area contributed by atoms with E-state index in [1.807, 2.05) is 36.6 Å². The summed E-state index contributed by atoms with van der Waals surface area (Å²) in [5.74, 6) is -0.974. The molecule has 1 N–H and O–H groups in total. The third kappa shape index (κ3) is 3.55. The van der Waals surface area contributed by atoms with Crippen molar-refractivity contribution in [2.45, 2.75) is 12.2 Å². The monoisotopic (exact) mass is 419 g/mol. The Hall–Kier alpha value is -1.63. The van der Waals surface area contributed by atoms with Gasteiger partial charge in [0, 0.05) is 15.4 Å². The fraction of sp³-hybridized carbons (Fsp3) is 0.111. The molecule has 1 aromatic carbocycles. The number of halogens is 1. The van der Waals surface area contributed by atoms with Crippen LogP contribution < -0.4 is 0 Å². The number of thiol groups is 1. The van der Waals surface area contributed by atoms with Gasteiger partial charge in [-0.05, 0) is 23.4 Å². The molecule has 0 bridgehead atoms. The lowest BCUT2D eigenvalue weighted by molar-refractivity contribution is -0.136. The van der Waals surface area contributed by atoms with Crippen LogP contribution in [0.1, 0.15) is 15.8 Å². The van der Waals surface area contributed by atoms with Crippen molar-refractivity contribution in [2.24, 2.45) is 0 Å². The molecular weight excluding hydrogens is 406 g/mol. The summed E-state index contributed by atoms with van der Waals surface area (Å²) in [6.45, 7) is 2.02. The largest absolute Gasteiger partial charge is 0.480 e. The molecule has 2 aromatic rings. The maximum absolute atomic E-state index is 10.8. The Morgan fingerprint density at radius 2 is 1.96 bits per heavy atom. The SMILES string of the molecule is Brc1cc2ccc1=2.Cc1ccc(-c2csc(C(S)C(=O)O)n2)cc1. The number of benzene rings is 2. The van der Waals surface area contributed by atoms with E-state index in [0.29, 0.717) is 5.01 Å². The van der Waals surface area contributed by atoms with Gasteiger partial charge in [0.1, 0.15) is 5.01 Å². The number of aromatic nitrogens is 1. The van der Waals surface area contributed by atoms with E-state index in [1.165, 1.54) is 31.8 Å². The van der Waals surface area contributed by atoms with Crippen LogP contribution in [0.5, 0.6) is 0 Å². The van der Waals surface area contributed by atoms with E-state index >= 15 is 0 Å². The van der Waals surface area contributed by atoms with Crippen molar-refractivity contribution in [1.29, 1.82) is 0 Å². The number of aliphatic carboxylic acids is 1. The number of aryl methyl sites for hydroxylation is 1. The Morgan fingerprint density at radius 3 is 2.38 bits per heavy atom. The molecule has 0 radical (unpaired) electrons. The summed E-state index contributed by atoms with van der Waals surface area (Å²) in [5.41, 5.74) is 2.97. The minimum atomic E-state index is -0.974. The van der Waals surface area contributed by atoms with Gasteiger partial charge >= 0.3 is 5.97 Å². The van der Waals surface area contributed by atoms with E-state index in [4.69, 9.17) is 5.11 Å². The molecule has 6 heteroatoms. The van der Waals surface area contributed by atoms with Gasteiger partial charge in [-0.15, -0.1) is 11.3 Å². The Labute approximate surface area is 157 Å². The van der Waals surface area contributed by atoms with Crippen LogP contribution in [0.4, 0.5) is 0 Å². The second kappa shape index (κ2) is 7.09. The van der Waals surface area contributed by atoms with Crippen molar-refractivity contribution < 1.29 is 9.90 Å². The number of thiazole rings is 1. The molecule has 0 fully saturated rings. The molecule has 1 heterocycles. The maximum Gasteiger partial charge on any atom is 0.323 e. The number of carbonyl (C=O) groups is 1. The van der Waals surface area contributed by atoms with Gasteiger partial charge in [0.05, 0.1) is 5.69 Å².